The monoisotopic (exact) mass is 380 g/mol. The van der Waals surface area contributed by atoms with Gasteiger partial charge in [0.1, 0.15) is 11.8 Å². The molecule has 2 aromatic carbocycles. The normalized spacial score (nSPS) is 17.8. The van der Waals surface area contributed by atoms with Gasteiger partial charge in [0.25, 0.3) is 0 Å². The number of ether oxygens (including phenoxy) is 1. The number of benzene rings is 2. The molecule has 0 aromatic heterocycles. The number of carbonyl (C=O) groups excluding carboxylic acids is 1. The lowest BCUT2D eigenvalue weighted by Gasteiger charge is -2.17. The van der Waals surface area contributed by atoms with Crippen LogP contribution in [0.2, 0.25) is 5.02 Å². The van der Waals surface area contributed by atoms with Crippen LogP contribution in [0.5, 0.6) is 5.75 Å². The van der Waals surface area contributed by atoms with Gasteiger partial charge in [0, 0.05) is 17.3 Å². The minimum absolute atomic E-state index is 0.0765. The molecular formula is C17H17ClN2O4S. The quantitative estimate of drug-likeness (QED) is 0.864. The smallest absolute Gasteiger partial charge is 0.245 e. The topological polar surface area (TPSA) is 75.7 Å². The number of nitrogens with one attached hydrogen (secondary N) is 1. The Morgan fingerprint density at radius 1 is 1.12 bits per heavy atom. The summed E-state index contributed by atoms with van der Waals surface area (Å²) < 4.78 is 32.4. The third-order valence-corrected chi connectivity index (χ3v) is 5.75. The highest BCUT2D eigenvalue weighted by molar-refractivity contribution is 7.89. The summed E-state index contributed by atoms with van der Waals surface area (Å²) in [6.45, 7) is 0.443. The molecule has 1 amide bonds. The van der Waals surface area contributed by atoms with Gasteiger partial charge < -0.3 is 9.64 Å². The van der Waals surface area contributed by atoms with Crippen LogP contribution in [-0.4, -0.2) is 34.0 Å². The van der Waals surface area contributed by atoms with Crippen LogP contribution in [-0.2, 0) is 14.8 Å². The minimum atomic E-state index is -3.79. The van der Waals surface area contributed by atoms with Crippen molar-refractivity contribution in [1.82, 2.24) is 4.72 Å². The number of amides is 1. The molecule has 8 heteroatoms. The fourth-order valence-corrected chi connectivity index (χ4v) is 4.03. The Hall–Kier alpha value is -2.09. The third kappa shape index (κ3) is 3.78. The van der Waals surface area contributed by atoms with E-state index in [1.165, 1.54) is 24.3 Å². The Morgan fingerprint density at radius 3 is 2.36 bits per heavy atom. The lowest BCUT2D eigenvalue weighted by molar-refractivity contribution is -0.118. The molecule has 1 aliphatic rings. The number of carbonyl (C=O) groups is 1. The van der Waals surface area contributed by atoms with Crippen LogP contribution in [0, 0.1) is 0 Å². The Kier molecular flexibility index (Phi) is 4.99. The van der Waals surface area contributed by atoms with Crippen molar-refractivity contribution in [2.45, 2.75) is 17.4 Å². The zero-order valence-electron chi connectivity index (χ0n) is 13.5. The SMILES string of the molecule is COc1ccc(N2CC[C@@H](NS(=O)(=O)c3ccc(Cl)cc3)C2=O)cc1. The van der Waals surface area contributed by atoms with Gasteiger partial charge in [-0.05, 0) is 55.0 Å². The van der Waals surface area contributed by atoms with Crippen LogP contribution in [0.3, 0.4) is 0 Å². The van der Waals surface area contributed by atoms with Crippen LogP contribution >= 0.6 is 11.6 Å². The minimum Gasteiger partial charge on any atom is -0.497 e. The van der Waals surface area contributed by atoms with Crippen molar-refractivity contribution in [3.8, 4) is 5.75 Å². The Labute approximate surface area is 151 Å². The summed E-state index contributed by atoms with van der Waals surface area (Å²) in [5.41, 5.74) is 0.707. The summed E-state index contributed by atoms with van der Waals surface area (Å²) in [5.74, 6) is 0.415. The summed E-state index contributed by atoms with van der Waals surface area (Å²) in [6.07, 6.45) is 0.400. The predicted octanol–water partition coefficient (Wildman–Crippen LogP) is 2.43. The summed E-state index contributed by atoms with van der Waals surface area (Å²) in [7, 11) is -2.22. The highest BCUT2D eigenvalue weighted by Crippen LogP contribution is 2.25. The molecule has 0 radical (unpaired) electrons. The maximum Gasteiger partial charge on any atom is 0.245 e. The van der Waals surface area contributed by atoms with Gasteiger partial charge in [-0.2, -0.15) is 4.72 Å². The van der Waals surface area contributed by atoms with Gasteiger partial charge in [-0.25, -0.2) is 8.42 Å². The molecule has 0 bridgehead atoms. The van der Waals surface area contributed by atoms with Crippen LogP contribution in [0.15, 0.2) is 53.4 Å². The van der Waals surface area contributed by atoms with Crippen molar-refractivity contribution < 1.29 is 17.9 Å². The standard InChI is InChI=1S/C17H17ClN2O4S/c1-24-14-6-4-13(5-7-14)20-11-10-16(17(20)21)19-25(22,23)15-8-2-12(18)3-9-15/h2-9,16,19H,10-11H2,1H3/t16-/m1/s1. The second kappa shape index (κ2) is 7.03. The van der Waals surface area contributed by atoms with E-state index < -0.39 is 16.1 Å². The van der Waals surface area contributed by atoms with Crippen molar-refractivity contribution in [1.29, 1.82) is 0 Å². The number of halogens is 1. The van der Waals surface area contributed by atoms with Crippen molar-refractivity contribution >= 4 is 33.2 Å². The Balaban J connectivity index is 1.74. The molecule has 1 fully saturated rings. The number of methoxy groups -OCH3 is 1. The van der Waals surface area contributed by atoms with E-state index in [-0.39, 0.29) is 10.8 Å². The van der Waals surface area contributed by atoms with E-state index in [1.54, 1.807) is 36.3 Å². The lowest BCUT2D eigenvalue weighted by atomic mass is 10.2. The van der Waals surface area contributed by atoms with Crippen molar-refractivity contribution in [2.75, 3.05) is 18.6 Å². The zero-order chi connectivity index (χ0) is 18.0. The Bertz CT molecular complexity index is 867. The number of hydrogen-bond acceptors (Lipinski definition) is 4. The van der Waals surface area contributed by atoms with E-state index in [9.17, 15) is 13.2 Å². The average molecular weight is 381 g/mol. The summed E-state index contributed by atoms with van der Waals surface area (Å²) in [6, 6.07) is 12.1. The molecule has 25 heavy (non-hydrogen) atoms. The second-order valence-corrected chi connectivity index (χ2v) is 7.75. The molecule has 1 heterocycles. The molecule has 0 spiro atoms. The molecular weight excluding hydrogens is 364 g/mol. The maximum atomic E-state index is 12.6. The van der Waals surface area contributed by atoms with Gasteiger partial charge in [-0.3, -0.25) is 4.79 Å². The largest absolute Gasteiger partial charge is 0.497 e. The molecule has 6 nitrogen and oxygen atoms in total. The zero-order valence-corrected chi connectivity index (χ0v) is 15.0. The van der Waals surface area contributed by atoms with Gasteiger partial charge in [0.05, 0.1) is 12.0 Å². The maximum absolute atomic E-state index is 12.6. The first-order valence-corrected chi connectivity index (χ1v) is 9.50. The van der Waals surface area contributed by atoms with Gasteiger partial charge >= 0.3 is 0 Å². The number of hydrogen-bond donors (Lipinski definition) is 1. The molecule has 1 atom stereocenters. The summed E-state index contributed by atoms with van der Waals surface area (Å²) in [4.78, 5) is 14.2. The number of nitrogens with zero attached hydrogens (tertiary/aromatic N) is 1. The van der Waals surface area contributed by atoms with Crippen LogP contribution in [0.4, 0.5) is 5.69 Å². The molecule has 1 N–H and O–H groups in total. The molecule has 0 unspecified atom stereocenters. The molecule has 1 saturated heterocycles. The number of anilines is 1. The first-order valence-electron chi connectivity index (χ1n) is 7.64. The van der Waals surface area contributed by atoms with E-state index in [0.717, 1.165) is 0 Å². The van der Waals surface area contributed by atoms with Gasteiger partial charge in [0.15, 0.2) is 0 Å². The van der Waals surface area contributed by atoms with E-state index in [2.05, 4.69) is 4.72 Å². The summed E-state index contributed by atoms with van der Waals surface area (Å²) >= 11 is 5.78. The second-order valence-electron chi connectivity index (χ2n) is 5.60. The van der Waals surface area contributed by atoms with Crippen LogP contribution in [0.25, 0.3) is 0 Å². The van der Waals surface area contributed by atoms with Gasteiger partial charge in [-0.1, -0.05) is 11.6 Å². The van der Waals surface area contributed by atoms with Crippen molar-refractivity contribution in [3.05, 3.63) is 53.6 Å². The molecule has 3 rings (SSSR count). The predicted molar refractivity (Wildman–Crippen MR) is 95.5 cm³/mol. The average Bonchev–Trinajstić information content (AvgIpc) is 2.95. The number of sulfonamides is 1. The fraction of sp³-hybridized carbons (Fsp3) is 0.235. The van der Waals surface area contributed by atoms with E-state index >= 15 is 0 Å². The van der Waals surface area contributed by atoms with E-state index in [4.69, 9.17) is 16.3 Å². The van der Waals surface area contributed by atoms with E-state index in [1.807, 2.05) is 0 Å². The molecule has 2 aromatic rings. The molecule has 132 valence electrons. The van der Waals surface area contributed by atoms with Crippen LogP contribution in [0.1, 0.15) is 6.42 Å². The van der Waals surface area contributed by atoms with Crippen LogP contribution < -0.4 is 14.4 Å². The summed E-state index contributed by atoms with van der Waals surface area (Å²) in [5, 5.41) is 0.446. The van der Waals surface area contributed by atoms with Crippen molar-refractivity contribution in [2.24, 2.45) is 0 Å². The first-order chi connectivity index (χ1) is 11.9. The first kappa shape index (κ1) is 17.7. The third-order valence-electron chi connectivity index (χ3n) is 4.01. The lowest BCUT2D eigenvalue weighted by Crippen LogP contribution is -2.41. The Morgan fingerprint density at radius 2 is 1.76 bits per heavy atom. The highest BCUT2D eigenvalue weighted by Gasteiger charge is 2.35. The molecule has 0 aliphatic carbocycles. The highest BCUT2D eigenvalue weighted by atomic mass is 35.5. The van der Waals surface area contributed by atoms with E-state index in [0.29, 0.717) is 29.4 Å². The number of rotatable bonds is 5. The molecule has 1 aliphatic heterocycles. The van der Waals surface area contributed by atoms with Gasteiger partial charge in [0.2, 0.25) is 15.9 Å². The fourth-order valence-electron chi connectivity index (χ4n) is 2.68. The van der Waals surface area contributed by atoms with Gasteiger partial charge in [-0.15, -0.1) is 0 Å². The van der Waals surface area contributed by atoms with Crippen molar-refractivity contribution in [3.63, 3.8) is 0 Å². The molecule has 0 saturated carbocycles.